The molecule has 2 atom stereocenters. The van der Waals surface area contributed by atoms with Gasteiger partial charge in [0, 0.05) is 19.1 Å². The van der Waals surface area contributed by atoms with E-state index in [-0.39, 0.29) is 12.1 Å². The average molecular weight is 254 g/mol. The number of nitrogens with two attached hydrogens (primary N) is 1. The smallest absolute Gasteiger partial charge is 0.159 e. The summed E-state index contributed by atoms with van der Waals surface area (Å²) >= 11 is 0. The van der Waals surface area contributed by atoms with Crippen molar-refractivity contribution in [2.24, 2.45) is 11.7 Å². The van der Waals surface area contributed by atoms with Crippen molar-refractivity contribution in [3.63, 3.8) is 0 Å². The number of benzene rings is 1. The maximum Gasteiger partial charge on any atom is 0.159 e. The third-order valence-corrected chi connectivity index (χ3v) is 3.43. The molecule has 0 aliphatic carbocycles. The Kier molecular flexibility index (Phi) is 3.97. The highest BCUT2D eigenvalue weighted by Crippen LogP contribution is 2.32. The summed E-state index contributed by atoms with van der Waals surface area (Å²) in [5.41, 5.74) is 6.88. The molecule has 0 aromatic heterocycles. The highest BCUT2D eigenvalue weighted by atomic mass is 19.2. The summed E-state index contributed by atoms with van der Waals surface area (Å²) in [6.45, 7) is 6.14. The number of hydrogen-bond donors (Lipinski definition) is 1. The van der Waals surface area contributed by atoms with Crippen molar-refractivity contribution < 1.29 is 8.78 Å². The molecule has 100 valence electrons. The normalized spacial score (nSPS) is 25.0. The molecule has 1 aliphatic rings. The van der Waals surface area contributed by atoms with Gasteiger partial charge in [0.15, 0.2) is 11.6 Å². The van der Waals surface area contributed by atoms with Crippen LogP contribution >= 0.6 is 0 Å². The van der Waals surface area contributed by atoms with E-state index in [9.17, 15) is 8.78 Å². The molecule has 2 nitrogen and oxygen atoms in total. The third kappa shape index (κ3) is 2.70. The van der Waals surface area contributed by atoms with E-state index in [1.54, 1.807) is 6.07 Å². The van der Waals surface area contributed by atoms with Gasteiger partial charge >= 0.3 is 0 Å². The molecule has 0 bridgehead atoms. The molecule has 4 heteroatoms. The number of halogens is 2. The summed E-state index contributed by atoms with van der Waals surface area (Å²) in [7, 11) is 0. The van der Waals surface area contributed by atoms with Gasteiger partial charge in [-0.3, -0.25) is 4.90 Å². The Morgan fingerprint density at radius 1 is 1.33 bits per heavy atom. The van der Waals surface area contributed by atoms with E-state index in [0.29, 0.717) is 5.92 Å². The van der Waals surface area contributed by atoms with Crippen LogP contribution in [0.5, 0.6) is 0 Å². The van der Waals surface area contributed by atoms with Gasteiger partial charge in [-0.15, -0.1) is 0 Å². The lowest BCUT2D eigenvalue weighted by Crippen LogP contribution is -2.34. The largest absolute Gasteiger partial charge is 0.326 e. The fraction of sp³-hybridized carbons (Fsp3) is 0.571. The highest BCUT2D eigenvalue weighted by Gasteiger charge is 2.33. The summed E-state index contributed by atoms with van der Waals surface area (Å²) in [6.07, 6.45) is 0.899. The minimum absolute atomic E-state index is 0.00231. The molecule has 0 amide bonds. The molecule has 0 radical (unpaired) electrons. The first kappa shape index (κ1) is 13.4. The zero-order valence-corrected chi connectivity index (χ0v) is 10.9. The van der Waals surface area contributed by atoms with Crippen molar-refractivity contribution in [3.05, 3.63) is 35.4 Å². The molecule has 2 N–H and O–H groups in total. The van der Waals surface area contributed by atoms with E-state index in [0.717, 1.165) is 25.1 Å². The van der Waals surface area contributed by atoms with Crippen molar-refractivity contribution in [2.75, 3.05) is 13.1 Å². The first-order valence-corrected chi connectivity index (χ1v) is 6.43. The first-order valence-electron chi connectivity index (χ1n) is 6.43. The van der Waals surface area contributed by atoms with E-state index >= 15 is 0 Å². The molecule has 1 heterocycles. The van der Waals surface area contributed by atoms with E-state index in [2.05, 4.69) is 18.7 Å². The zero-order chi connectivity index (χ0) is 13.3. The second kappa shape index (κ2) is 5.33. The fourth-order valence-electron chi connectivity index (χ4n) is 2.71. The van der Waals surface area contributed by atoms with E-state index in [4.69, 9.17) is 5.73 Å². The van der Waals surface area contributed by atoms with Gasteiger partial charge in [-0.2, -0.15) is 0 Å². The van der Waals surface area contributed by atoms with Gasteiger partial charge < -0.3 is 5.73 Å². The molecular weight excluding hydrogens is 234 g/mol. The quantitative estimate of drug-likeness (QED) is 0.898. The Morgan fingerprint density at radius 3 is 2.67 bits per heavy atom. The predicted molar refractivity (Wildman–Crippen MR) is 68.1 cm³/mol. The van der Waals surface area contributed by atoms with E-state index < -0.39 is 11.6 Å². The summed E-state index contributed by atoms with van der Waals surface area (Å²) < 4.78 is 26.3. The molecule has 18 heavy (non-hydrogen) atoms. The minimum atomic E-state index is -0.805. The Balaban J connectivity index is 2.24. The van der Waals surface area contributed by atoms with Gasteiger partial charge in [0.05, 0.1) is 6.04 Å². The van der Waals surface area contributed by atoms with Gasteiger partial charge in [-0.1, -0.05) is 19.9 Å². The maximum atomic E-state index is 13.3. The van der Waals surface area contributed by atoms with Gasteiger partial charge in [-0.25, -0.2) is 8.78 Å². The van der Waals surface area contributed by atoms with Gasteiger partial charge in [0.1, 0.15) is 0 Å². The van der Waals surface area contributed by atoms with Crippen LogP contribution in [0, 0.1) is 17.6 Å². The number of nitrogens with zero attached hydrogens (tertiary/aromatic N) is 1. The van der Waals surface area contributed by atoms with Crippen LogP contribution in [0.25, 0.3) is 0 Å². The van der Waals surface area contributed by atoms with Crippen molar-refractivity contribution in [3.8, 4) is 0 Å². The van der Waals surface area contributed by atoms with E-state index in [1.807, 2.05) is 0 Å². The monoisotopic (exact) mass is 254 g/mol. The molecule has 1 aromatic carbocycles. The molecule has 2 rings (SSSR count). The van der Waals surface area contributed by atoms with Gasteiger partial charge in [0.25, 0.3) is 0 Å². The lowest BCUT2D eigenvalue weighted by atomic mass is 10.00. The van der Waals surface area contributed by atoms with Crippen LogP contribution in [0.15, 0.2) is 18.2 Å². The molecule has 1 saturated heterocycles. The molecule has 1 aliphatic heterocycles. The molecule has 0 spiro atoms. The third-order valence-electron chi connectivity index (χ3n) is 3.43. The Hall–Kier alpha value is -1.00. The molecule has 0 saturated carbocycles. The fourth-order valence-corrected chi connectivity index (χ4v) is 2.71. The summed E-state index contributed by atoms with van der Waals surface area (Å²) in [4.78, 5) is 2.27. The molecular formula is C14H20F2N2. The van der Waals surface area contributed by atoms with Crippen LogP contribution in [0.3, 0.4) is 0 Å². The van der Waals surface area contributed by atoms with Crippen LogP contribution in [-0.4, -0.2) is 24.0 Å². The first-order chi connectivity index (χ1) is 8.49. The Morgan fingerprint density at radius 2 is 2.06 bits per heavy atom. The number of hydrogen-bond acceptors (Lipinski definition) is 2. The second-order valence-corrected chi connectivity index (χ2v) is 5.46. The molecule has 1 aromatic rings. The SMILES string of the molecule is CC(C)CN1CCC(N)C1c1ccc(F)c(F)c1. The topological polar surface area (TPSA) is 29.3 Å². The van der Waals surface area contributed by atoms with Crippen molar-refractivity contribution in [1.82, 2.24) is 4.90 Å². The highest BCUT2D eigenvalue weighted by molar-refractivity contribution is 5.24. The molecule has 1 fully saturated rings. The van der Waals surface area contributed by atoms with Crippen molar-refractivity contribution in [2.45, 2.75) is 32.4 Å². The predicted octanol–water partition coefficient (Wildman–Crippen LogP) is 2.69. The van der Waals surface area contributed by atoms with Crippen molar-refractivity contribution in [1.29, 1.82) is 0 Å². The van der Waals surface area contributed by atoms with Crippen LogP contribution in [0.4, 0.5) is 8.78 Å². The van der Waals surface area contributed by atoms with Gasteiger partial charge in [-0.05, 0) is 30.0 Å². The lowest BCUT2D eigenvalue weighted by molar-refractivity contribution is 0.220. The maximum absolute atomic E-state index is 13.3. The van der Waals surface area contributed by atoms with Crippen molar-refractivity contribution >= 4 is 0 Å². The molecule has 2 unspecified atom stereocenters. The second-order valence-electron chi connectivity index (χ2n) is 5.46. The zero-order valence-electron chi connectivity index (χ0n) is 10.9. The number of likely N-dealkylation sites (tertiary alicyclic amines) is 1. The number of rotatable bonds is 3. The van der Waals surface area contributed by atoms with Crippen LogP contribution in [-0.2, 0) is 0 Å². The minimum Gasteiger partial charge on any atom is -0.326 e. The summed E-state index contributed by atoms with van der Waals surface area (Å²) in [5, 5.41) is 0. The van der Waals surface area contributed by atoms with Crippen LogP contribution in [0.1, 0.15) is 31.9 Å². The lowest BCUT2D eigenvalue weighted by Gasteiger charge is -2.28. The van der Waals surface area contributed by atoms with Gasteiger partial charge in [0.2, 0.25) is 0 Å². The standard InChI is InChI=1S/C14H20F2N2/c1-9(2)8-18-6-5-13(17)14(18)10-3-4-11(15)12(16)7-10/h3-4,7,9,13-14H,5-6,8,17H2,1-2H3. The Bertz CT molecular complexity index is 420. The Labute approximate surface area is 107 Å². The van der Waals surface area contributed by atoms with E-state index in [1.165, 1.54) is 12.1 Å². The van der Waals surface area contributed by atoms with Crippen LogP contribution < -0.4 is 5.73 Å². The van der Waals surface area contributed by atoms with Crippen LogP contribution in [0.2, 0.25) is 0 Å². The average Bonchev–Trinajstić information content (AvgIpc) is 2.63. The summed E-state index contributed by atoms with van der Waals surface area (Å²) in [5.74, 6) is -1.07. The summed E-state index contributed by atoms with van der Waals surface area (Å²) in [6, 6.07) is 4.10.